The van der Waals surface area contributed by atoms with E-state index in [1.165, 1.54) is 5.56 Å². The van der Waals surface area contributed by atoms with E-state index in [1.54, 1.807) is 16.4 Å². The molecule has 1 N–H and O–H groups in total. The van der Waals surface area contributed by atoms with Crippen LogP contribution >= 0.6 is 11.8 Å². The molecule has 118 valence electrons. The number of hydrogen-bond acceptors (Lipinski definition) is 5. The van der Waals surface area contributed by atoms with Gasteiger partial charge in [0.25, 0.3) is 0 Å². The molecule has 0 aliphatic heterocycles. The van der Waals surface area contributed by atoms with E-state index < -0.39 is 0 Å². The van der Waals surface area contributed by atoms with E-state index in [0.717, 1.165) is 23.7 Å². The highest BCUT2D eigenvalue weighted by atomic mass is 32.2. The van der Waals surface area contributed by atoms with Gasteiger partial charge in [-0.1, -0.05) is 19.1 Å². The third-order valence-electron chi connectivity index (χ3n) is 3.20. The maximum absolute atomic E-state index is 11.4. The van der Waals surface area contributed by atoms with E-state index in [9.17, 15) is 4.79 Å². The molecular formula is C15H21N5OS. The fourth-order valence-electron chi connectivity index (χ4n) is 1.98. The second kappa shape index (κ2) is 8.53. The number of thioether (sulfide) groups is 1. The van der Waals surface area contributed by atoms with Crippen LogP contribution in [-0.2, 0) is 17.0 Å². The summed E-state index contributed by atoms with van der Waals surface area (Å²) in [6.45, 7) is 4.72. The van der Waals surface area contributed by atoms with Crippen LogP contribution in [-0.4, -0.2) is 38.4 Å². The molecule has 6 nitrogen and oxygen atoms in total. The summed E-state index contributed by atoms with van der Waals surface area (Å²) in [4.78, 5) is 11.4. The van der Waals surface area contributed by atoms with E-state index in [-0.39, 0.29) is 5.91 Å². The van der Waals surface area contributed by atoms with Gasteiger partial charge in [-0.3, -0.25) is 4.79 Å². The average molecular weight is 319 g/mol. The molecule has 0 aliphatic carbocycles. The quantitative estimate of drug-likeness (QED) is 0.753. The van der Waals surface area contributed by atoms with Crippen molar-refractivity contribution >= 4 is 17.7 Å². The lowest BCUT2D eigenvalue weighted by Crippen LogP contribution is -2.22. The number of carbonyl (C=O) groups excluding carboxylic acids is 1. The Balaban J connectivity index is 1.90. The maximum Gasteiger partial charge on any atom is 0.220 e. The van der Waals surface area contributed by atoms with Gasteiger partial charge in [0, 0.05) is 18.7 Å². The van der Waals surface area contributed by atoms with Crippen LogP contribution in [0, 0.1) is 0 Å². The summed E-state index contributed by atoms with van der Waals surface area (Å²) in [5.74, 6) is 2.32. The number of amides is 1. The number of hydrogen-bond donors (Lipinski definition) is 1. The second-order valence-corrected chi connectivity index (χ2v) is 5.89. The molecule has 0 spiro atoms. The van der Waals surface area contributed by atoms with Crippen LogP contribution in [0.15, 0.2) is 24.3 Å². The molecule has 1 amide bonds. The summed E-state index contributed by atoms with van der Waals surface area (Å²) in [6, 6.07) is 8.22. The molecule has 2 rings (SSSR count). The average Bonchev–Trinajstić information content (AvgIpc) is 3.00. The lowest BCUT2D eigenvalue weighted by atomic mass is 10.1. The first-order valence-corrected chi connectivity index (χ1v) is 8.61. The Kier molecular flexibility index (Phi) is 6.39. The van der Waals surface area contributed by atoms with Gasteiger partial charge < -0.3 is 5.32 Å². The zero-order valence-electron chi connectivity index (χ0n) is 13.0. The number of rotatable bonds is 8. The van der Waals surface area contributed by atoms with Crippen LogP contribution in [0.25, 0.3) is 5.69 Å². The molecule has 22 heavy (non-hydrogen) atoms. The number of aryl methyl sites for hydroxylation is 1. The van der Waals surface area contributed by atoms with Gasteiger partial charge in [0.05, 0.1) is 11.4 Å². The summed E-state index contributed by atoms with van der Waals surface area (Å²) < 4.78 is 1.75. The minimum atomic E-state index is 0.0877. The third-order valence-corrected chi connectivity index (χ3v) is 4.16. The van der Waals surface area contributed by atoms with Crippen molar-refractivity contribution in [3.05, 3.63) is 35.7 Å². The third kappa shape index (κ3) is 4.56. The molecule has 0 saturated heterocycles. The molecule has 0 fully saturated rings. The van der Waals surface area contributed by atoms with Crippen molar-refractivity contribution in [1.82, 2.24) is 25.5 Å². The topological polar surface area (TPSA) is 72.7 Å². The fraction of sp³-hybridized carbons (Fsp3) is 0.467. The van der Waals surface area contributed by atoms with Crippen molar-refractivity contribution in [3.8, 4) is 5.69 Å². The van der Waals surface area contributed by atoms with Gasteiger partial charge in [-0.25, -0.2) is 0 Å². The van der Waals surface area contributed by atoms with Crippen LogP contribution in [0.5, 0.6) is 0 Å². The molecule has 1 aromatic carbocycles. The van der Waals surface area contributed by atoms with E-state index in [1.807, 2.05) is 19.1 Å². The summed E-state index contributed by atoms with van der Waals surface area (Å²) in [6.07, 6.45) is 1.53. The van der Waals surface area contributed by atoms with Gasteiger partial charge in [0.15, 0.2) is 5.82 Å². The SMILES string of the molecule is CCNC(=O)CCSCc1nnnn1-c1ccc(CC)cc1. The number of benzene rings is 1. The fourth-order valence-corrected chi connectivity index (χ4v) is 2.82. The highest BCUT2D eigenvalue weighted by Gasteiger charge is 2.09. The molecule has 0 aliphatic rings. The van der Waals surface area contributed by atoms with Crippen molar-refractivity contribution in [2.24, 2.45) is 0 Å². The van der Waals surface area contributed by atoms with Crippen molar-refractivity contribution in [2.75, 3.05) is 12.3 Å². The highest BCUT2D eigenvalue weighted by molar-refractivity contribution is 7.98. The Hall–Kier alpha value is -1.89. The predicted octanol–water partition coefficient (Wildman–Crippen LogP) is 1.98. The summed E-state index contributed by atoms with van der Waals surface area (Å²) in [7, 11) is 0. The minimum Gasteiger partial charge on any atom is -0.356 e. The summed E-state index contributed by atoms with van der Waals surface area (Å²) in [5, 5.41) is 14.7. The molecule has 0 radical (unpaired) electrons. The van der Waals surface area contributed by atoms with Gasteiger partial charge in [0.1, 0.15) is 0 Å². The highest BCUT2D eigenvalue weighted by Crippen LogP contribution is 2.15. The Morgan fingerprint density at radius 3 is 2.73 bits per heavy atom. The number of aromatic nitrogens is 4. The first kappa shape index (κ1) is 16.5. The molecule has 0 unspecified atom stereocenters. The minimum absolute atomic E-state index is 0.0877. The molecule has 0 bridgehead atoms. The molecule has 1 aromatic heterocycles. The second-order valence-electron chi connectivity index (χ2n) is 4.78. The van der Waals surface area contributed by atoms with Crippen LogP contribution in [0.4, 0.5) is 0 Å². The smallest absolute Gasteiger partial charge is 0.220 e. The molecule has 1 heterocycles. The van der Waals surface area contributed by atoms with Gasteiger partial charge in [0.2, 0.25) is 5.91 Å². The van der Waals surface area contributed by atoms with Crippen molar-refractivity contribution in [3.63, 3.8) is 0 Å². The van der Waals surface area contributed by atoms with Gasteiger partial charge >= 0.3 is 0 Å². The zero-order valence-corrected chi connectivity index (χ0v) is 13.8. The number of nitrogens with zero attached hydrogens (tertiary/aromatic N) is 4. The van der Waals surface area contributed by atoms with Gasteiger partial charge in [-0.15, -0.1) is 5.10 Å². The molecule has 0 atom stereocenters. The molecule has 0 saturated carbocycles. The van der Waals surface area contributed by atoms with Gasteiger partial charge in [-0.2, -0.15) is 16.4 Å². The number of carbonyl (C=O) groups is 1. The normalized spacial score (nSPS) is 10.6. The number of nitrogens with one attached hydrogen (secondary N) is 1. The molecular weight excluding hydrogens is 298 g/mol. The monoisotopic (exact) mass is 319 g/mol. The Bertz CT molecular complexity index is 596. The standard InChI is InChI=1S/C15H21N5OS/c1-3-12-5-7-13(8-6-12)20-14(17-18-19-20)11-22-10-9-15(21)16-4-2/h5-8H,3-4,9-11H2,1-2H3,(H,16,21). The van der Waals surface area contributed by atoms with Crippen molar-refractivity contribution < 1.29 is 4.79 Å². The van der Waals surface area contributed by atoms with E-state index >= 15 is 0 Å². The van der Waals surface area contributed by atoms with Crippen LogP contribution < -0.4 is 5.32 Å². The largest absolute Gasteiger partial charge is 0.356 e. The Labute approximate surface area is 134 Å². The van der Waals surface area contributed by atoms with Crippen LogP contribution in [0.3, 0.4) is 0 Å². The van der Waals surface area contributed by atoms with E-state index in [0.29, 0.717) is 18.7 Å². The summed E-state index contributed by atoms with van der Waals surface area (Å²) in [5.41, 5.74) is 2.25. The van der Waals surface area contributed by atoms with E-state index in [2.05, 4.69) is 39.9 Å². The van der Waals surface area contributed by atoms with E-state index in [4.69, 9.17) is 0 Å². The summed E-state index contributed by atoms with van der Waals surface area (Å²) >= 11 is 1.66. The van der Waals surface area contributed by atoms with Crippen LogP contribution in [0.1, 0.15) is 31.7 Å². The van der Waals surface area contributed by atoms with Crippen molar-refractivity contribution in [2.45, 2.75) is 32.4 Å². The van der Waals surface area contributed by atoms with Gasteiger partial charge in [-0.05, 0) is 41.5 Å². The van der Waals surface area contributed by atoms with Crippen LogP contribution in [0.2, 0.25) is 0 Å². The first-order chi connectivity index (χ1) is 10.7. The zero-order chi connectivity index (χ0) is 15.8. The van der Waals surface area contributed by atoms with Crippen molar-refractivity contribution in [1.29, 1.82) is 0 Å². The molecule has 2 aromatic rings. The maximum atomic E-state index is 11.4. The molecule has 7 heteroatoms. The Morgan fingerprint density at radius 1 is 1.27 bits per heavy atom. The lowest BCUT2D eigenvalue weighted by Gasteiger charge is -2.05. The number of tetrazole rings is 1. The Morgan fingerprint density at radius 2 is 2.05 bits per heavy atom. The predicted molar refractivity (Wildman–Crippen MR) is 88.0 cm³/mol. The lowest BCUT2D eigenvalue weighted by molar-refractivity contribution is -0.120. The first-order valence-electron chi connectivity index (χ1n) is 7.45.